The number of carbonyl (C=O) groups is 1. The molecular weight excluding hydrogens is 340 g/mol. The number of rotatable bonds is 4. The molecule has 0 aliphatic rings. The van der Waals surface area contributed by atoms with Crippen LogP contribution >= 0.6 is 31.9 Å². The second kappa shape index (κ2) is 5.68. The molecule has 1 unspecified atom stereocenters. The van der Waals surface area contributed by atoms with Gasteiger partial charge in [-0.3, -0.25) is 4.79 Å². The van der Waals surface area contributed by atoms with Crippen LogP contribution in [-0.2, 0) is 0 Å². The topological polar surface area (TPSA) is 35.5 Å². The van der Waals surface area contributed by atoms with Gasteiger partial charge in [0.25, 0.3) is 0 Å². The predicted molar refractivity (Wildman–Crippen MR) is 70.0 cm³/mol. The van der Waals surface area contributed by atoms with Gasteiger partial charge in [0.05, 0.1) is 23.5 Å². The first-order valence-electron chi connectivity index (χ1n) is 4.61. The normalized spacial score (nSPS) is 12.1. The molecule has 0 bridgehead atoms. The zero-order valence-corrected chi connectivity index (χ0v) is 12.4. The average molecular weight is 352 g/mol. The van der Waals surface area contributed by atoms with Crippen LogP contribution in [0.5, 0.6) is 11.5 Å². The number of methoxy groups -OCH3 is 2. The molecule has 1 aromatic carbocycles. The standard InChI is InChI=1S/C11H12Br2O3/c1-6(12)10(14)7-4-8(13)11(16-3)9(5-7)15-2/h4-6H,1-3H3. The summed E-state index contributed by atoms with van der Waals surface area (Å²) in [7, 11) is 3.09. The number of hydrogen-bond donors (Lipinski definition) is 0. The minimum Gasteiger partial charge on any atom is -0.493 e. The third-order valence-electron chi connectivity index (χ3n) is 2.08. The number of ketones is 1. The van der Waals surface area contributed by atoms with Gasteiger partial charge in [0, 0.05) is 5.56 Å². The van der Waals surface area contributed by atoms with E-state index in [4.69, 9.17) is 9.47 Å². The number of alkyl halides is 1. The molecule has 0 saturated carbocycles. The number of Topliss-reactive ketones (excluding diaryl/α,β-unsaturated/α-hetero) is 1. The van der Waals surface area contributed by atoms with Crippen molar-refractivity contribution in [1.29, 1.82) is 0 Å². The molecule has 16 heavy (non-hydrogen) atoms. The average Bonchev–Trinajstić information content (AvgIpc) is 2.26. The molecule has 0 fully saturated rings. The lowest BCUT2D eigenvalue weighted by molar-refractivity contribution is 0.0995. The zero-order valence-electron chi connectivity index (χ0n) is 9.21. The summed E-state index contributed by atoms with van der Waals surface area (Å²) in [4.78, 5) is 11.6. The highest BCUT2D eigenvalue weighted by atomic mass is 79.9. The Balaban J connectivity index is 3.25. The third kappa shape index (κ3) is 2.77. The van der Waals surface area contributed by atoms with Gasteiger partial charge in [0.1, 0.15) is 0 Å². The molecule has 0 spiro atoms. The highest BCUT2D eigenvalue weighted by Gasteiger charge is 2.17. The lowest BCUT2D eigenvalue weighted by atomic mass is 10.1. The number of carbonyl (C=O) groups excluding carboxylic acids is 1. The molecule has 88 valence electrons. The summed E-state index contributed by atoms with van der Waals surface area (Å²) in [5.74, 6) is 1.12. The molecule has 1 aromatic rings. The second-order valence-corrected chi connectivity index (χ2v) is 5.40. The first-order valence-corrected chi connectivity index (χ1v) is 6.32. The molecule has 0 amide bonds. The van der Waals surface area contributed by atoms with Crippen LogP contribution in [0.15, 0.2) is 16.6 Å². The van der Waals surface area contributed by atoms with Crippen LogP contribution in [0.2, 0.25) is 0 Å². The van der Waals surface area contributed by atoms with E-state index in [-0.39, 0.29) is 10.6 Å². The Kier molecular flexibility index (Phi) is 4.80. The van der Waals surface area contributed by atoms with Crippen LogP contribution in [0.3, 0.4) is 0 Å². The SMILES string of the molecule is COc1cc(C(=O)C(C)Br)cc(Br)c1OC. The molecule has 0 radical (unpaired) electrons. The van der Waals surface area contributed by atoms with Crippen molar-refractivity contribution in [3.63, 3.8) is 0 Å². The summed E-state index contributed by atoms with van der Waals surface area (Å²) < 4.78 is 11.0. The van der Waals surface area contributed by atoms with Crippen molar-refractivity contribution >= 4 is 37.6 Å². The van der Waals surface area contributed by atoms with Crippen LogP contribution in [0.25, 0.3) is 0 Å². The molecule has 0 saturated heterocycles. The van der Waals surface area contributed by atoms with E-state index in [1.807, 2.05) is 0 Å². The fourth-order valence-corrected chi connectivity index (χ4v) is 2.16. The van der Waals surface area contributed by atoms with Crippen molar-refractivity contribution in [1.82, 2.24) is 0 Å². The monoisotopic (exact) mass is 350 g/mol. The highest BCUT2D eigenvalue weighted by molar-refractivity contribution is 9.10. The Bertz CT molecular complexity index is 402. The fourth-order valence-electron chi connectivity index (χ4n) is 1.29. The van der Waals surface area contributed by atoms with Crippen molar-refractivity contribution in [2.75, 3.05) is 14.2 Å². The number of halogens is 2. The van der Waals surface area contributed by atoms with E-state index in [0.29, 0.717) is 21.5 Å². The van der Waals surface area contributed by atoms with Crippen LogP contribution in [0, 0.1) is 0 Å². The van der Waals surface area contributed by atoms with Gasteiger partial charge in [0.15, 0.2) is 17.3 Å². The van der Waals surface area contributed by atoms with Gasteiger partial charge in [-0.15, -0.1) is 0 Å². The Morgan fingerprint density at radius 2 is 1.94 bits per heavy atom. The van der Waals surface area contributed by atoms with E-state index in [0.717, 1.165) is 0 Å². The lowest BCUT2D eigenvalue weighted by Crippen LogP contribution is -2.10. The predicted octanol–water partition coefficient (Wildman–Crippen LogP) is 3.43. The second-order valence-electron chi connectivity index (χ2n) is 3.17. The smallest absolute Gasteiger partial charge is 0.176 e. The molecular formula is C11H12Br2O3. The molecule has 1 atom stereocenters. The molecule has 3 nitrogen and oxygen atoms in total. The first-order chi connectivity index (χ1) is 7.51. The largest absolute Gasteiger partial charge is 0.493 e. The van der Waals surface area contributed by atoms with Crippen molar-refractivity contribution in [2.45, 2.75) is 11.8 Å². The Morgan fingerprint density at radius 1 is 1.31 bits per heavy atom. The first kappa shape index (κ1) is 13.5. The van der Waals surface area contributed by atoms with Crippen LogP contribution in [0.1, 0.15) is 17.3 Å². The molecule has 0 heterocycles. The summed E-state index contributed by atoms with van der Waals surface area (Å²) in [5.41, 5.74) is 0.578. The van der Waals surface area contributed by atoms with Crippen LogP contribution in [0.4, 0.5) is 0 Å². The minimum absolute atomic E-state index is 0.00153. The summed E-state index contributed by atoms with van der Waals surface area (Å²) in [6.07, 6.45) is 0. The van der Waals surface area contributed by atoms with Gasteiger partial charge in [-0.25, -0.2) is 0 Å². The van der Waals surface area contributed by atoms with Crippen molar-refractivity contribution in [3.05, 3.63) is 22.2 Å². The van der Waals surface area contributed by atoms with Crippen molar-refractivity contribution in [2.24, 2.45) is 0 Å². The fraction of sp³-hybridized carbons (Fsp3) is 0.364. The van der Waals surface area contributed by atoms with Gasteiger partial charge < -0.3 is 9.47 Å². The van der Waals surface area contributed by atoms with E-state index in [1.165, 1.54) is 7.11 Å². The number of hydrogen-bond acceptors (Lipinski definition) is 3. The molecule has 0 aliphatic carbocycles. The number of benzene rings is 1. The maximum absolute atomic E-state index is 11.8. The quantitative estimate of drug-likeness (QED) is 0.615. The van der Waals surface area contributed by atoms with E-state index >= 15 is 0 Å². The van der Waals surface area contributed by atoms with Gasteiger partial charge >= 0.3 is 0 Å². The molecule has 1 rings (SSSR count). The Morgan fingerprint density at radius 3 is 2.38 bits per heavy atom. The van der Waals surface area contributed by atoms with Crippen molar-refractivity contribution in [3.8, 4) is 11.5 Å². The van der Waals surface area contributed by atoms with Gasteiger partial charge in [-0.05, 0) is 35.0 Å². The summed E-state index contributed by atoms with van der Waals surface area (Å²) >= 11 is 6.59. The Hall–Kier alpha value is -0.550. The number of ether oxygens (including phenoxy) is 2. The van der Waals surface area contributed by atoms with E-state index < -0.39 is 0 Å². The molecule has 0 aliphatic heterocycles. The minimum atomic E-state index is -0.225. The van der Waals surface area contributed by atoms with Gasteiger partial charge in [-0.1, -0.05) is 15.9 Å². The third-order valence-corrected chi connectivity index (χ3v) is 3.08. The Labute approximate surface area is 111 Å². The summed E-state index contributed by atoms with van der Waals surface area (Å²) in [6, 6.07) is 3.39. The van der Waals surface area contributed by atoms with Gasteiger partial charge in [0.2, 0.25) is 0 Å². The summed E-state index contributed by atoms with van der Waals surface area (Å²) in [5, 5.41) is 0. The maximum atomic E-state index is 11.8. The zero-order chi connectivity index (χ0) is 12.3. The highest BCUT2D eigenvalue weighted by Crippen LogP contribution is 2.36. The maximum Gasteiger partial charge on any atom is 0.176 e. The summed E-state index contributed by atoms with van der Waals surface area (Å²) in [6.45, 7) is 1.78. The van der Waals surface area contributed by atoms with Crippen LogP contribution < -0.4 is 9.47 Å². The molecule has 0 N–H and O–H groups in total. The van der Waals surface area contributed by atoms with E-state index in [2.05, 4.69) is 31.9 Å². The van der Waals surface area contributed by atoms with Gasteiger partial charge in [-0.2, -0.15) is 0 Å². The lowest BCUT2D eigenvalue weighted by Gasteiger charge is -2.12. The molecule has 0 aromatic heterocycles. The van der Waals surface area contributed by atoms with E-state index in [9.17, 15) is 4.79 Å². The molecule has 5 heteroatoms. The van der Waals surface area contributed by atoms with E-state index in [1.54, 1.807) is 26.2 Å². The van der Waals surface area contributed by atoms with Crippen LogP contribution in [-0.4, -0.2) is 24.8 Å². The van der Waals surface area contributed by atoms with Crippen molar-refractivity contribution < 1.29 is 14.3 Å².